The number of carbonyl (C=O) groups is 1. The molecule has 1 amide bonds. The van der Waals surface area contributed by atoms with Crippen molar-refractivity contribution in [1.29, 1.82) is 0 Å². The second-order valence-electron chi connectivity index (χ2n) is 8.70. The summed E-state index contributed by atoms with van der Waals surface area (Å²) in [4.78, 5) is 14.6. The van der Waals surface area contributed by atoms with Crippen LogP contribution in [0.4, 0.5) is 0 Å². The fourth-order valence-corrected chi connectivity index (χ4v) is 4.43. The number of fused-ring (bicyclic) bond motifs is 1. The van der Waals surface area contributed by atoms with Gasteiger partial charge in [-0.15, -0.1) is 10.2 Å². The number of nitrogens with zero attached hydrogens (tertiary/aromatic N) is 4. The van der Waals surface area contributed by atoms with E-state index in [0.29, 0.717) is 13.0 Å². The van der Waals surface area contributed by atoms with E-state index in [-0.39, 0.29) is 11.9 Å². The van der Waals surface area contributed by atoms with Gasteiger partial charge in [0.1, 0.15) is 5.82 Å². The first-order valence-electron chi connectivity index (χ1n) is 11.6. The molecule has 1 N–H and O–H groups in total. The summed E-state index contributed by atoms with van der Waals surface area (Å²) in [6, 6.07) is 17.2. The molecule has 1 aliphatic heterocycles. The lowest BCUT2D eigenvalue weighted by Crippen LogP contribution is -2.30. The number of nitrogens with one attached hydrogen (secondary N) is 1. The highest BCUT2D eigenvalue weighted by atomic mass is 16.5. The van der Waals surface area contributed by atoms with Crippen LogP contribution in [0.25, 0.3) is 11.1 Å². The summed E-state index contributed by atoms with van der Waals surface area (Å²) < 4.78 is 7.16. The zero-order chi connectivity index (χ0) is 23.2. The van der Waals surface area contributed by atoms with Gasteiger partial charge >= 0.3 is 0 Å². The van der Waals surface area contributed by atoms with Crippen LogP contribution in [0.15, 0.2) is 48.5 Å². The largest absolute Gasteiger partial charge is 0.384 e. The normalized spacial score (nSPS) is 15.0. The van der Waals surface area contributed by atoms with E-state index in [1.54, 1.807) is 7.11 Å². The Morgan fingerprint density at radius 2 is 1.97 bits per heavy atom. The molecule has 2 aromatic carbocycles. The third kappa shape index (κ3) is 5.67. The molecule has 33 heavy (non-hydrogen) atoms. The molecule has 0 aliphatic carbocycles. The number of hydrogen-bond donors (Lipinski definition) is 1. The molecule has 1 aromatic heterocycles. The van der Waals surface area contributed by atoms with Crippen LogP contribution in [0, 0.1) is 6.92 Å². The summed E-state index contributed by atoms with van der Waals surface area (Å²) in [6.45, 7) is 8.09. The quantitative estimate of drug-likeness (QED) is 0.572. The first-order valence-corrected chi connectivity index (χ1v) is 11.6. The Morgan fingerprint density at radius 1 is 1.12 bits per heavy atom. The number of amides is 1. The Morgan fingerprint density at radius 3 is 2.79 bits per heavy atom. The second-order valence-corrected chi connectivity index (χ2v) is 8.70. The SMILES string of the molecule is COCCC(=O)N[C@@H](C)c1nnc2n1CCN(Cc1cccc(-c3ccccc3C)c1)CC2. The van der Waals surface area contributed by atoms with Crippen molar-refractivity contribution in [2.75, 3.05) is 26.8 Å². The van der Waals surface area contributed by atoms with Crippen LogP contribution in [0.1, 0.15) is 42.2 Å². The molecule has 0 saturated heterocycles. The summed E-state index contributed by atoms with van der Waals surface area (Å²) in [6.07, 6.45) is 1.19. The molecule has 1 aliphatic rings. The van der Waals surface area contributed by atoms with Gasteiger partial charge in [0.05, 0.1) is 12.6 Å². The molecule has 4 rings (SSSR count). The maximum absolute atomic E-state index is 12.1. The van der Waals surface area contributed by atoms with Crippen molar-refractivity contribution in [2.24, 2.45) is 0 Å². The van der Waals surface area contributed by atoms with E-state index in [0.717, 1.165) is 44.2 Å². The summed E-state index contributed by atoms with van der Waals surface area (Å²) in [7, 11) is 1.60. The van der Waals surface area contributed by atoms with Gasteiger partial charge in [-0.25, -0.2) is 0 Å². The van der Waals surface area contributed by atoms with Gasteiger partial charge in [-0.2, -0.15) is 0 Å². The minimum absolute atomic E-state index is 0.0366. The Kier molecular flexibility index (Phi) is 7.52. The van der Waals surface area contributed by atoms with E-state index < -0.39 is 0 Å². The molecule has 0 saturated carbocycles. The van der Waals surface area contributed by atoms with Crippen LogP contribution >= 0.6 is 0 Å². The molecular formula is C26H33N5O2. The molecule has 0 fully saturated rings. The van der Waals surface area contributed by atoms with Gasteiger partial charge in [0.25, 0.3) is 0 Å². The fraction of sp³-hybridized carbons (Fsp3) is 0.423. The van der Waals surface area contributed by atoms with E-state index in [1.807, 2.05) is 6.92 Å². The average Bonchev–Trinajstić information content (AvgIpc) is 3.13. The Labute approximate surface area is 195 Å². The van der Waals surface area contributed by atoms with Gasteiger partial charge in [-0.3, -0.25) is 9.69 Å². The fourth-order valence-electron chi connectivity index (χ4n) is 4.43. The smallest absolute Gasteiger partial charge is 0.222 e. The molecule has 0 radical (unpaired) electrons. The summed E-state index contributed by atoms with van der Waals surface area (Å²) in [5.74, 6) is 1.77. The number of aryl methyl sites for hydroxylation is 1. The number of benzene rings is 2. The number of ether oxygens (including phenoxy) is 1. The van der Waals surface area contributed by atoms with Crippen LogP contribution in [0.2, 0.25) is 0 Å². The van der Waals surface area contributed by atoms with E-state index in [4.69, 9.17) is 4.74 Å². The van der Waals surface area contributed by atoms with Crippen LogP contribution in [-0.4, -0.2) is 52.4 Å². The third-order valence-corrected chi connectivity index (χ3v) is 6.23. The van der Waals surface area contributed by atoms with Crippen molar-refractivity contribution in [3.63, 3.8) is 0 Å². The summed E-state index contributed by atoms with van der Waals surface area (Å²) >= 11 is 0. The van der Waals surface area contributed by atoms with Crippen LogP contribution in [0.5, 0.6) is 0 Å². The van der Waals surface area contributed by atoms with Gasteiger partial charge < -0.3 is 14.6 Å². The molecule has 174 valence electrons. The van der Waals surface area contributed by atoms with Crippen molar-refractivity contribution in [3.8, 4) is 11.1 Å². The zero-order valence-corrected chi connectivity index (χ0v) is 19.8. The lowest BCUT2D eigenvalue weighted by molar-refractivity contribution is -0.122. The monoisotopic (exact) mass is 447 g/mol. The van der Waals surface area contributed by atoms with Crippen molar-refractivity contribution in [3.05, 3.63) is 71.3 Å². The molecular weight excluding hydrogens is 414 g/mol. The van der Waals surface area contributed by atoms with Crippen LogP contribution in [0.3, 0.4) is 0 Å². The number of hydrogen-bond acceptors (Lipinski definition) is 5. The Bertz CT molecular complexity index is 1090. The number of aromatic nitrogens is 3. The maximum Gasteiger partial charge on any atom is 0.222 e. The number of methoxy groups -OCH3 is 1. The molecule has 7 nitrogen and oxygen atoms in total. The van der Waals surface area contributed by atoms with E-state index in [2.05, 4.69) is 80.4 Å². The predicted molar refractivity (Wildman–Crippen MR) is 129 cm³/mol. The molecule has 3 aromatic rings. The van der Waals surface area contributed by atoms with E-state index in [9.17, 15) is 4.79 Å². The Hall–Kier alpha value is -3.03. The molecule has 0 spiro atoms. The molecule has 2 heterocycles. The Balaban J connectivity index is 1.41. The first kappa shape index (κ1) is 23.1. The standard InChI is InChI=1S/C26H33N5O2/c1-19-7-4-5-10-23(19)22-9-6-8-21(17-22)18-30-13-11-24-28-29-26(31(24)15-14-30)20(2)27-25(32)12-16-33-3/h4-10,17,20H,11-16,18H2,1-3H3,(H,27,32)/t20-/m0/s1. The maximum atomic E-state index is 12.1. The molecule has 7 heteroatoms. The molecule has 0 unspecified atom stereocenters. The van der Waals surface area contributed by atoms with Gasteiger partial charge in [0, 0.05) is 46.1 Å². The van der Waals surface area contributed by atoms with Crippen LogP contribution in [-0.2, 0) is 29.0 Å². The van der Waals surface area contributed by atoms with Gasteiger partial charge in [-0.05, 0) is 42.2 Å². The highest BCUT2D eigenvalue weighted by Crippen LogP contribution is 2.25. The summed E-state index contributed by atoms with van der Waals surface area (Å²) in [5, 5.41) is 11.8. The topological polar surface area (TPSA) is 72.3 Å². The van der Waals surface area contributed by atoms with Crippen molar-refractivity contribution in [1.82, 2.24) is 25.0 Å². The van der Waals surface area contributed by atoms with E-state index >= 15 is 0 Å². The number of carbonyl (C=O) groups excluding carboxylic acids is 1. The van der Waals surface area contributed by atoms with Crippen molar-refractivity contribution in [2.45, 2.75) is 45.8 Å². The summed E-state index contributed by atoms with van der Waals surface area (Å²) in [5.41, 5.74) is 5.15. The zero-order valence-electron chi connectivity index (χ0n) is 19.8. The first-order chi connectivity index (χ1) is 16.0. The van der Waals surface area contributed by atoms with Gasteiger partial charge in [0.2, 0.25) is 5.91 Å². The number of rotatable bonds is 8. The van der Waals surface area contributed by atoms with E-state index in [1.165, 1.54) is 22.3 Å². The second kappa shape index (κ2) is 10.7. The van der Waals surface area contributed by atoms with Crippen LogP contribution < -0.4 is 5.32 Å². The minimum Gasteiger partial charge on any atom is -0.384 e. The lowest BCUT2D eigenvalue weighted by Gasteiger charge is -2.21. The van der Waals surface area contributed by atoms with Gasteiger partial charge in [-0.1, -0.05) is 42.5 Å². The molecule has 1 atom stereocenters. The van der Waals surface area contributed by atoms with Crippen molar-refractivity contribution < 1.29 is 9.53 Å². The average molecular weight is 448 g/mol. The van der Waals surface area contributed by atoms with Gasteiger partial charge in [0.15, 0.2) is 5.82 Å². The highest BCUT2D eigenvalue weighted by Gasteiger charge is 2.22. The molecule has 0 bridgehead atoms. The predicted octanol–water partition coefficient (Wildman–Crippen LogP) is 3.53. The van der Waals surface area contributed by atoms with Crippen molar-refractivity contribution >= 4 is 5.91 Å². The lowest BCUT2D eigenvalue weighted by atomic mass is 9.99. The third-order valence-electron chi connectivity index (χ3n) is 6.23. The highest BCUT2D eigenvalue weighted by molar-refractivity contribution is 5.76. The minimum atomic E-state index is -0.187.